The summed E-state index contributed by atoms with van der Waals surface area (Å²) in [6.45, 7) is 0. The average molecular weight is 236 g/mol. The molecule has 2 aromatic rings. The van der Waals surface area contributed by atoms with E-state index in [0.717, 1.165) is 12.1 Å². The highest BCUT2D eigenvalue weighted by atomic mass is 32.1. The molecular formula is C11H6F2N2S. The van der Waals surface area contributed by atoms with Crippen LogP contribution in [-0.2, 0) is 0 Å². The van der Waals surface area contributed by atoms with Crippen molar-refractivity contribution >= 4 is 22.7 Å². The van der Waals surface area contributed by atoms with Gasteiger partial charge in [0.25, 0.3) is 0 Å². The van der Waals surface area contributed by atoms with Crippen molar-refractivity contribution in [1.82, 2.24) is 0 Å². The van der Waals surface area contributed by atoms with Crippen LogP contribution in [0.1, 0.15) is 5.56 Å². The van der Waals surface area contributed by atoms with Gasteiger partial charge in [-0.2, -0.15) is 16.6 Å². The maximum Gasteiger partial charge on any atom is 0.150 e. The fraction of sp³-hybridized carbons (Fsp3) is 0. The number of halogens is 2. The third-order valence-corrected chi connectivity index (χ3v) is 2.64. The Morgan fingerprint density at radius 1 is 1.25 bits per heavy atom. The Morgan fingerprint density at radius 3 is 2.44 bits per heavy atom. The van der Waals surface area contributed by atoms with Gasteiger partial charge in [0, 0.05) is 11.1 Å². The molecule has 0 spiro atoms. The van der Waals surface area contributed by atoms with Crippen molar-refractivity contribution < 1.29 is 8.78 Å². The van der Waals surface area contributed by atoms with Crippen LogP contribution in [0, 0.1) is 23.0 Å². The third kappa shape index (κ3) is 2.02. The summed E-state index contributed by atoms with van der Waals surface area (Å²) in [5.41, 5.74) is 0.343. The summed E-state index contributed by atoms with van der Waals surface area (Å²) in [7, 11) is 0. The fourth-order valence-corrected chi connectivity index (χ4v) is 1.82. The molecule has 0 saturated carbocycles. The van der Waals surface area contributed by atoms with Gasteiger partial charge in [-0.25, -0.2) is 8.78 Å². The molecule has 0 aliphatic rings. The van der Waals surface area contributed by atoms with E-state index >= 15 is 0 Å². The molecule has 1 N–H and O–H groups in total. The maximum atomic E-state index is 13.4. The molecule has 0 atom stereocenters. The van der Waals surface area contributed by atoms with Gasteiger partial charge >= 0.3 is 0 Å². The topological polar surface area (TPSA) is 35.8 Å². The van der Waals surface area contributed by atoms with E-state index in [0.29, 0.717) is 5.69 Å². The summed E-state index contributed by atoms with van der Waals surface area (Å²) < 4.78 is 26.9. The van der Waals surface area contributed by atoms with Gasteiger partial charge in [-0.15, -0.1) is 0 Å². The molecule has 0 bridgehead atoms. The molecule has 0 fully saturated rings. The second-order valence-electron chi connectivity index (χ2n) is 3.06. The summed E-state index contributed by atoms with van der Waals surface area (Å²) in [6.07, 6.45) is 0. The Bertz CT molecular complexity index is 521. The van der Waals surface area contributed by atoms with Gasteiger partial charge in [0.1, 0.15) is 5.69 Å². The molecule has 0 amide bonds. The van der Waals surface area contributed by atoms with Crippen LogP contribution in [0.4, 0.5) is 20.2 Å². The van der Waals surface area contributed by atoms with Crippen molar-refractivity contribution in [2.45, 2.75) is 0 Å². The van der Waals surface area contributed by atoms with Gasteiger partial charge < -0.3 is 5.32 Å². The number of hydrogen-bond acceptors (Lipinski definition) is 3. The molecule has 0 unspecified atom stereocenters. The first kappa shape index (κ1) is 10.6. The number of nitriles is 1. The van der Waals surface area contributed by atoms with Crippen LogP contribution < -0.4 is 5.32 Å². The van der Waals surface area contributed by atoms with Gasteiger partial charge in [-0.1, -0.05) is 0 Å². The van der Waals surface area contributed by atoms with Gasteiger partial charge in [0.2, 0.25) is 0 Å². The molecule has 1 heterocycles. The van der Waals surface area contributed by atoms with Gasteiger partial charge in [0.05, 0.1) is 11.6 Å². The lowest BCUT2D eigenvalue weighted by Crippen LogP contribution is -1.97. The number of nitrogens with one attached hydrogen (secondary N) is 1. The second-order valence-corrected chi connectivity index (χ2v) is 3.84. The predicted octanol–water partition coefficient (Wildman–Crippen LogP) is 3.64. The monoisotopic (exact) mass is 236 g/mol. The molecule has 1 aromatic carbocycles. The molecule has 16 heavy (non-hydrogen) atoms. The molecule has 0 aliphatic carbocycles. The zero-order valence-electron chi connectivity index (χ0n) is 8.00. The molecule has 0 saturated heterocycles. The van der Waals surface area contributed by atoms with Crippen LogP contribution >= 0.6 is 11.3 Å². The Morgan fingerprint density at radius 2 is 1.94 bits per heavy atom. The Hall–Kier alpha value is -1.93. The molecule has 80 valence electrons. The summed E-state index contributed by atoms with van der Waals surface area (Å²) in [4.78, 5) is 0. The van der Waals surface area contributed by atoms with Crippen molar-refractivity contribution in [1.29, 1.82) is 5.26 Å². The summed E-state index contributed by atoms with van der Waals surface area (Å²) in [5, 5.41) is 14.7. The smallest absolute Gasteiger partial charge is 0.150 e. The van der Waals surface area contributed by atoms with Crippen molar-refractivity contribution in [3.8, 4) is 6.07 Å². The van der Waals surface area contributed by atoms with Crippen LogP contribution in [0.5, 0.6) is 0 Å². The number of thiophene rings is 1. The van der Waals surface area contributed by atoms with Gasteiger partial charge in [0.15, 0.2) is 11.6 Å². The first-order valence-corrected chi connectivity index (χ1v) is 5.33. The largest absolute Gasteiger partial charge is 0.350 e. The zero-order valence-corrected chi connectivity index (χ0v) is 8.81. The average Bonchev–Trinajstić information content (AvgIpc) is 2.75. The summed E-state index contributed by atoms with van der Waals surface area (Å²) >= 11 is 1.42. The molecule has 0 aliphatic heterocycles. The summed E-state index contributed by atoms with van der Waals surface area (Å²) in [5.74, 6) is -1.55. The van der Waals surface area contributed by atoms with Crippen LogP contribution in [0.3, 0.4) is 0 Å². The molecule has 2 rings (SSSR count). The first-order chi connectivity index (χ1) is 7.70. The van der Waals surface area contributed by atoms with Crippen molar-refractivity contribution in [2.24, 2.45) is 0 Å². The molecule has 2 nitrogen and oxygen atoms in total. The van der Waals surface area contributed by atoms with E-state index in [-0.39, 0.29) is 11.3 Å². The standard InChI is InChI=1S/C11H6F2N2S/c12-9-3-7(5-14)4-10(13)11(9)15-8-1-2-16-6-8/h1-4,6,15H. The van der Waals surface area contributed by atoms with Gasteiger partial charge in [-0.3, -0.25) is 0 Å². The lowest BCUT2D eigenvalue weighted by Gasteiger charge is -2.06. The van der Waals surface area contributed by atoms with E-state index in [1.807, 2.05) is 0 Å². The number of nitrogens with zero attached hydrogens (tertiary/aromatic N) is 1. The lowest BCUT2D eigenvalue weighted by molar-refractivity contribution is 0.590. The lowest BCUT2D eigenvalue weighted by atomic mass is 10.2. The minimum absolute atomic E-state index is 0.0362. The van der Waals surface area contributed by atoms with E-state index in [1.165, 1.54) is 11.3 Å². The Kier molecular flexibility index (Phi) is 2.84. The van der Waals surface area contributed by atoms with E-state index in [4.69, 9.17) is 5.26 Å². The fourth-order valence-electron chi connectivity index (χ4n) is 1.24. The highest BCUT2D eigenvalue weighted by Gasteiger charge is 2.11. The highest BCUT2D eigenvalue weighted by Crippen LogP contribution is 2.25. The minimum atomic E-state index is -0.775. The Balaban J connectivity index is 2.39. The highest BCUT2D eigenvalue weighted by molar-refractivity contribution is 7.08. The van der Waals surface area contributed by atoms with Gasteiger partial charge in [-0.05, 0) is 23.6 Å². The Labute approximate surface area is 94.8 Å². The van der Waals surface area contributed by atoms with Crippen LogP contribution in [-0.4, -0.2) is 0 Å². The molecular weight excluding hydrogens is 230 g/mol. The van der Waals surface area contributed by atoms with Crippen molar-refractivity contribution in [3.05, 3.63) is 46.2 Å². The number of anilines is 2. The van der Waals surface area contributed by atoms with Crippen molar-refractivity contribution in [3.63, 3.8) is 0 Å². The minimum Gasteiger partial charge on any atom is -0.350 e. The second kappa shape index (κ2) is 4.29. The van der Waals surface area contributed by atoms with E-state index in [1.54, 1.807) is 22.9 Å². The van der Waals surface area contributed by atoms with Crippen LogP contribution in [0.2, 0.25) is 0 Å². The summed E-state index contributed by atoms with van der Waals surface area (Å²) in [6, 6.07) is 5.39. The van der Waals surface area contributed by atoms with Crippen molar-refractivity contribution in [2.75, 3.05) is 5.32 Å². The SMILES string of the molecule is N#Cc1cc(F)c(Nc2ccsc2)c(F)c1. The normalized spacial score (nSPS) is 9.81. The molecule has 1 aromatic heterocycles. The maximum absolute atomic E-state index is 13.4. The first-order valence-electron chi connectivity index (χ1n) is 4.39. The number of benzene rings is 1. The van der Waals surface area contributed by atoms with E-state index in [9.17, 15) is 8.78 Å². The molecule has 5 heteroatoms. The van der Waals surface area contributed by atoms with E-state index < -0.39 is 11.6 Å². The predicted molar refractivity (Wildman–Crippen MR) is 58.7 cm³/mol. The third-order valence-electron chi connectivity index (χ3n) is 1.96. The number of hydrogen-bond donors (Lipinski definition) is 1. The molecule has 0 radical (unpaired) electrons. The van der Waals surface area contributed by atoms with Crippen LogP contribution in [0.25, 0.3) is 0 Å². The quantitative estimate of drug-likeness (QED) is 0.864. The zero-order chi connectivity index (χ0) is 11.5. The van der Waals surface area contributed by atoms with Crippen LogP contribution in [0.15, 0.2) is 29.0 Å². The number of rotatable bonds is 2. The van der Waals surface area contributed by atoms with E-state index in [2.05, 4.69) is 5.32 Å².